The number of para-hydroxylation sites is 1. The van der Waals surface area contributed by atoms with Crippen LogP contribution in [0.3, 0.4) is 0 Å². The van der Waals surface area contributed by atoms with E-state index in [0.717, 1.165) is 4.90 Å². The second-order valence-electron chi connectivity index (χ2n) is 14.4. The summed E-state index contributed by atoms with van der Waals surface area (Å²) in [5.41, 5.74) is 1.39. The van der Waals surface area contributed by atoms with E-state index in [-0.39, 0.29) is 35.3 Å². The molecule has 0 bridgehead atoms. The average molecular weight is 805 g/mol. The van der Waals surface area contributed by atoms with E-state index in [0.29, 0.717) is 39.0 Å². The fourth-order valence-electron chi connectivity index (χ4n) is 9.12. The molecule has 2 saturated heterocycles. The number of nitrogens with zero attached hydrogens (tertiary/aromatic N) is 3. The number of hydrazine groups is 1. The van der Waals surface area contributed by atoms with Gasteiger partial charge in [0, 0.05) is 22.7 Å². The summed E-state index contributed by atoms with van der Waals surface area (Å²) in [6.45, 7) is 1.67. The number of halogens is 5. The molecule has 8 rings (SSSR count). The summed E-state index contributed by atoms with van der Waals surface area (Å²) < 4.78 is 40.4. The van der Waals surface area contributed by atoms with Crippen molar-refractivity contribution in [3.63, 3.8) is 0 Å². The summed E-state index contributed by atoms with van der Waals surface area (Å²) in [4.78, 5) is 63.5. The SMILES string of the molecule is Cc1cccc([C@H]2C3=CC[C@@H]4C(=O)N(c5cccc(B(O)O)c5)C(=O)[C@@H]4[C@@H]3C[C@H]3C(=O)N(Nc4ncc(C(F)(F)F)cc4Cl)C(=O)[C@@]23c2ccc(Cl)cc2)c1O. The number of hydrogen-bond donors (Lipinski definition) is 4. The molecule has 4 aliphatic rings. The van der Waals surface area contributed by atoms with Crippen LogP contribution in [-0.2, 0) is 30.8 Å². The summed E-state index contributed by atoms with van der Waals surface area (Å²) in [5, 5.41) is 31.8. The molecule has 4 N–H and O–H groups in total. The quantitative estimate of drug-likeness (QED) is 0.115. The zero-order valence-corrected chi connectivity index (χ0v) is 30.7. The monoisotopic (exact) mass is 804 g/mol. The third-order valence-corrected chi connectivity index (χ3v) is 12.1. The van der Waals surface area contributed by atoms with Crippen LogP contribution in [0.15, 0.2) is 90.6 Å². The molecular weight excluding hydrogens is 775 g/mol. The van der Waals surface area contributed by atoms with E-state index in [4.69, 9.17) is 23.2 Å². The summed E-state index contributed by atoms with van der Waals surface area (Å²) in [6.07, 6.45) is -2.53. The fraction of sp³-hybridized carbons (Fsp3) is 0.256. The number of phenols is 1. The average Bonchev–Trinajstić information content (AvgIpc) is 3.54. The number of anilines is 2. The van der Waals surface area contributed by atoms with Crippen LogP contribution in [0.5, 0.6) is 5.75 Å². The first-order chi connectivity index (χ1) is 26.5. The summed E-state index contributed by atoms with van der Waals surface area (Å²) in [7, 11) is -1.87. The van der Waals surface area contributed by atoms with Gasteiger partial charge in [-0.1, -0.05) is 77.3 Å². The van der Waals surface area contributed by atoms with Crippen molar-refractivity contribution in [1.29, 1.82) is 0 Å². The Morgan fingerprint density at radius 3 is 2.32 bits per heavy atom. The van der Waals surface area contributed by atoms with Gasteiger partial charge in [-0.05, 0) is 72.6 Å². The summed E-state index contributed by atoms with van der Waals surface area (Å²) in [5.74, 6) is -8.39. The van der Waals surface area contributed by atoms with Gasteiger partial charge in [-0.3, -0.25) is 29.5 Å². The third-order valence-electron chi connectivity index (χ3n) is 11.6. The highest BCUT2D eigenvalue weighted by Gasteiger charge is 2.70. The van der Waals surface area contributed by atoms with Crippen molar-refractivity contribution in [2.24, 2.45) is 23.7 Å². The minimum atomic E-state index is -4.77. The van der Waals surface area contributed by atoms with E-state index < -0.39 is 88.3 Å². The number of fused-ring (bicyclic) bond motifs is 4. The number of carbonyl (C=O) groups excluding carboxylic acids is 4. The van der Waals surface area contributed by atoms with E-state index in [1.54, 1.807) is 55.5 Å². The van der Waals surface area contributed by atoms with Gasteiger partial charge in [0.25, 0.3) is 11.8 Å². The maximum Gasteiger partial charge on any atom is 0.488 e. The first-order valence-electron chi connectivity index (χ1n) is 17.5. The first kappa shape index (κ1) is 37.7. The number of allylic oxidation sites excluding steroid dienone is 2. The fourth-order valence-corrected chi connectivity index (χ4v) is 9.46. The number of hydrogen-bond acceptors (Lipinski definition) is 9. The van der Waals surface area contributed by atoms with Gasteiger partial charge in [0.1, 0.15) is 5.75 Å². The lowest BCUT2D eigenvalue weighted by molar-refractivity contribution is -0.139. The Balaban J connectivity index is 1.31. The Morgan fingerprint density at radius 2 is 1.64 bits per heavy atom. The number of aromatic hydroxyl groups is 1. The lowest BCUT2D eigenvalue weighted by Crippen LogP contribution is -2.53. The number of imide groups is 2. The van der Waals surface area contributed by atoms with Crippen LogP contribution in [0.4, 0.5) is 24.7 Å². The molecule has 3 heterocycles. The molecule has 1 saturated carbocycles. The number of aromatic nitrogens is 1. The molecule has 11 nitrogen and oxygen atoms in total. The number of aryl methyl sites for hydroxylation is 1. The topological polar surface area (TPSA) is 160 Å². The van der Waals surface area contributed by atoms with Gasteiger partial charge in [-0.15, -0.1) is 0 Å². The molecule has 3 aromatic carbocycles. The highest BCUT2D eigenvalue weighted by atomic mass is 35.5. The van der Waals surface area contributed by atoms with Gasteiger partial charge >= 0.3 is 13.3 Å². The van der Waals surface area contributed by atoms with Gasteiger partial charge in [0.05, 0.1) is 39.4 Å². The minimum absolute atomic E-state index is 0.0579. The normalized spacial score (nSPS) is 25.9. The van der Waals surface area contributed by atoms with Crippen LogP contribution < -0.4 is 15.8 Å². The van der Waals surface area contributed by atoms with Crippen LogP contribution in [0, 0.1) is 30.6 Å². The van der Waals surface area contributed by atoms with E-state index in [1.807, 2.05) is 0 Å². The van der Waals surface area contributed by atoms with Crippen molar-refractivity contribution >= 4 is 70.9 Å². The van der Waals surface area contributed by atoms with E-state index in [9.17, 15) is 42.7 Å². The number of amides is 4. The molecule has 286 valence electrons. The summed E-state index contributed by atoms with van der Waals surface area (Å²) >= 11 is 12.6. The molecule has 17 heteroatoms. The van der Waals surface area contributed by atoms with Crippen molar-refractivity contribution in [2.45, 2.75) is 37.3 Å². The van der Waals surface area contributed by atoms with Crippen LogP contribution in [0.2, 0.25) is 10.0 Å². The Hall–Kier alpha value is -5.22. The summed E-state index contributed by atoms with van der Waals surface area (Å²) in [6, 6.07) is 17.6. The highest BCUT2D eigenvalue weighted by molar-refractivity contribution is 6.58. The zero-order valence-electron chi connectivity index (χ0n) is 29.2. The maximum absolute atomic E-state index is 15.3. The highest BCUT2D eigenvalue weighted by Crippen LogP contribution is 2.65. The Morgan fingerprint density at radius 1 is 0.929 bits per heavy atom. The van der Waals surface area contributed by atoms with Crippen molar-refractivity contribution in [3.8, 4) is 5.75 Å². The number of benzene rings is 3. The molecule has 2 aliphatic heterocycles. The van der Waals surface area contributed by atoms with Crippen LogP contribution in [-0.4, -0.2) is 55.9 Å². The molecule has 2 aliphatic carbocycles. The Bertz CT molecular complexity index is 2380. The molecule has 4 amide bonds. The van der Waals surface area contributed by atoms with Gasteiger partial charge < -0.3 is 15.2 Å². The van der Waals surface area contributed by atoms with E-state index in [1.165, 1.54) is 24.3 Å². The number of pyridine rings is 1. The van der Waals surface area contributed by atoms with E-state index in [2.05, 4.69) is 10.4 Å². The molecule has 1 aromatic heterocycles. The second-order valence-corrected chi connectivity index (χ2v) is 15.3. The predicted molar refractivity (Wildman–Crippen MR) is 198 cm³/mol. The lowest BCUT2D eigenvalue weighted by Gasteiger charge is -2.50. The number of carbonyl (C=O) groups is 4. The number of phenolic OH excluding ortho intramolecular Hbond substituents is 1. The number of rotatable bonds is 6. The first-order valence-corrected chi connectivity index (χ1v) is 18.3. The number of alkyl halides is 3. The zero-order chi connectivity index (χ0) is 40.0. The Labute approximate surface area is 327 Å². The standard InChI is InChI=1S/C39H30BCl2F3N4O7/c1-18-4-2-7-26(32(18)50)31-24-12-13-25-30(36(53)48(34(25)51)23-6-3-5-21(15-23)40(55)56)27(24)16-28-35(52)49(37(54)38(28,31)19-8-10-22(41)11-9-19)47-33-29(42)14-20(17-46-33)39(43,44)45/h2-12,14-15,17,25,27-28,30-31,50,55-56H,13,16H2,1H3,(H,46,47)/t25-,27+,28-,30-,31+,38+/m0/s1. The largest absolute Gasteiger partial charge is 0.507 e. The van der Waals surface area contributed by atoms with Gasteiger partial charge in [0.15, 0.2) is 5.82 Å². The predicted octanol–water partition coefficient (Wildman–Crippen LogP) is 5.29. The van der Waals surface area contributed by atoms with Crippen molar-refractivity contribution < 1.29 is 47.5 Å². The van der Waals surface area contributed by atoms with Gasteiger partial charge in [0.2, 0.25) is 11.8 Å². The van der Waals surface area contributed by atoms with Crippen LogP contribution in [0.1, 0.15) is 41.0 Å². The molecule has 56 heavy (non-hydrogen) atoms. The van der Waals surface area contributed by atoms with Crippen LogP contribution in [0.25, 0.3) is 0 Å². The van der Waals surface area contributed by atoms with Crippen molar-refractivity contribution in [2.75, 3.05) is 10.3 Å². The Kier molecular flexibility index (Phi) is 9.07. The molecule has 0 spiro atoms. The molecule has 4 aromatic rings. The van der Waals surface area contributed by atoms with Crippen LogP contribution >= 0.6 is 23.2 Å². The maximum atomic E-state index is 15.3. The molecule has 3 fully saturated rings. The van der Waals surface area contributed by atoms with E-state index >= 15 is 4.79 Å². The van der Waals surface area contributed by atoms with Gasteiger partial charge in [-0.25, -0.2) is 4.98 Å². The number of nitrogens with one attached hydrogen (secondary N) is 1. The smallest absolute Gasteiger partial charge is 0.488 e. The lowest BCUT2D eigenvalue weighted by atomic mass is 9.49. The molecule has 6 atom stereocenters. The molecular formula is C39H30BCl2F3N4O7. The van der Waals surface area contributed by atoms with Gasteiger partial charge in [-0.2, -0.15) is 18.2 Å². The molecule has 0 radical (unpaired) electrons. The third kappa shape index (κ3) is 5.62. The molecule has 0 unspecified atom stereocenters. The minimum Gasteiger partial charge on any atom is -0.507 e. The second kappa shape index (κ2) is 13.5. The van der Waals surface area contributed by atoms with Crippen molar-refractivity contribution in [3.05, 3.63) is 123 Å². The van der Waals surface area contributed by atoms with Crippen molar-refractivity contribution in [1.82, 2.24) is 9.99 Å².